The number of benzene rings is 1. The number of likely N-dealkylation sites (tertiary alicyclic amines) is 1. The zero-order valence-corrected chi connectivity index (χ0v) is 17.6. The molecule has 0 bridgehead atoms. The molecule has 1 aromatic carbocycles. The fourth-order valence-electron chi connectivity index (χ4n) is 4.17. The van der Waals surface area contributed by atoms with Crippen LogP contribution in [0.2, 0.25) is 0 Å². The summed E-state index contributed by atoms with van der Waals surface area (Å²) in [6.45, 7) is 1.99. The molecule has 0 saturated carbocycles. The third-order valence-corrected chi connectivity index (χ3v) is 7.16. The second-order valence-electron chi connectivity index (χ2n) is 7.82. The van der Waals surface area contributed by atoms with Crippen molar-refractivity contribution in [1.82, 2.24) is 19.4 Å². The van der Waals surface area contributed by atoms with E-state index < -0.39 is 10.0 Å². The minimum Gasteiger partial charge on any atom is -0.355 e. The molecule has 2 aliphatic heterocycles. The lowest BCUT2D eigenvalue weighted by atomic mass is 9.96. The lowest BCUT2D eigenvalue weighted by molar-refractivity contribution is 0.244. The van der Waals surface area contributed by atoms with Gasteiger partial charge in [-0.1, -0.05) is 12.1 Å². The van der Waals surface area contributed by atoms with Crippen LogP contribution in [-0.2, 0) is 16.6 Å². The van der Waals surface area contributed by atoms with Crippen molar-refractivity contribution in [3.8, 4) is 11.3 Å². The SMILES string of the molecule is O=c1cc(-c2ccncc2)ncn1CC1CCN(C2=NS(=O)(=O)c3ccccc32)CC1. The molecule has 0 unspecified atom stereocenters. The van der Waals surface area contributed by atoms with Crippen molar-refractivity contribution in [1.29, 1.82) is 0 Å². The molecule has 0 radical (unpaired) electrons. The minimum absolute atomic E-state index is 0.0792. The molecule has 1 fully saturated rings. The van der Waals surface area contributed by atoms with Crippen LogP contribution in [0.15, 0.2) is 75.3 Å². The van der Waals surface area contributed by atoms with Crippen molar-refractivity contribution in [2.45, 2.75) is 24.3 Å². The van der Waals surface area contributed by atoms with Crippen LogP contribution >= 0.6 is 0 Å². The lowest BCUT2D eigenvalue weighted by Crippen LogP contribution is -2.40. The van der Waals surface area contributed by atoms with E-state index >= 15 is 0 Å². The van der Waals surface area contributed by atoms with Gasteiger partial charge < -0.3 is 4.90 Å². The van der Waals surface area contributed by atoms with Gasteiger partial charge in [-0.25, -0.2) is 4.98 Å². The van der Waals surface area contributed by atoms with Crippen LogP contribution in [0, 0.1) is 5.92 Å². The number of nitrogens with zero attached hydrogens (tertiary/aromatic N) is 5. The molecular formula is C22H21N5O3S. The fraction of sp³-hybridized carbons (Fsp3) is 0.273. The first-order chi connectivity index (χ1) is 15.0. The van der Waals surface area contributed by atoms with Crippen LogP contribution in [0.1, 0.15) is 18.4 Å². The largest absolute Gasteiger partial charge is 0.355 e. The summed E-state index contributed by atoms with van der Waals surface area (Å²) in [7, 11) is -3.61. The molecule has 9 heteroatoms. The van der Waals surface area contributed by atoms with Crippen molar-refractivity contribution < 1.29 is 8.42 Å². The Hall–Kier alpha value is -3.33. The second-order valence-corrected chi connectivity index (χ2v) is 9.39. The third kappa shape index (κ3) is 3.76. The number of hydrogen-bond acceptors (Lipinski definition) is 6. The minimum atomic E-state index is -3.61. The summed E-state index contributed by atoms with van der Waals surface area (Å²) < 4.78 is 30.3. The Morgan fingerprint density at radius 2 is 1.77 bits per heavy atom. The molecule has 1 saturated heterocycles. The summed E-state index contributed by atoms with van der Waals surface area (Å²) in [5.74, 6) is 0.853. The molecule has 0 N–H and O–H groups in total. The Balaban J connectivity index is 1.27. The van der Waals surface area contributed by atoms with Gasteiger partial charge >= 0.3 is 0 Å². The quantitative estimate of drug-likeness (QED) is 0.625. The molecule has 0 atom stereocenters. The number of sulfonamides is 1. The van der Waals surface area contributed by atoms with Crippen LogP contribution in [0.4, 0.5) is 0 Å². The van der Waals surface area contributed by atoms with E-state index in [1.165, 1.54) is 0 Å². The number of amidine groups is 1. The number of rotatable bonds is 3. The summed E-state index contributed by atoms with van der Waals surface area (Å²) in [6.07, 6.45) is 6.65. The highest BCUT2D eigenvalue weighted by atomic mass is 32.2. The van der Waals surface area contributed by atoms with Gasteiger partial charge in [-0.3, -0.25) is 14.3 Å². The molecule has 0 aliphatic carbocycles. The first-order valence-corrected chi connectivity index (χ1v) is 11.6. The molecule has 3 aromatic rings. The Morgan fingerprint density at radius 3 is 2.52 bits per heavy atom. The Bertz CT molecular complexity index is 1310. The van der Waals surface area contributed by atoms with Crippen LogP contribution < -0.4 is 5.56 Å². The van der Waals surface area contributed by atoms with Gasteiger partial charge in [0.25, 0.3) is 15.6 Å². The average Bonchev–Trinajstić information content (AvgIpc) is 3.07. The third-order valence-electron chi connectivity index (χ3n) is 5.84. The van der Waals surface area contributed by atoms with Crippen LogP contribution in [0.3, 0.4) is 0 Å². The summed E-state index contributed by atoms with van der Waals surface area (Å²) in [4.78, 5) is 23.3. The van der Waals surface area contributed by atoms with Crippen molar-refractivity contribution in [2.24, 2.45) is 10.3 Å². The maximum atomic E-state index is 12.6. The topological polar surface area (TPSA) is 97.5 Å². The second kappa shape index (κ2) is 7.73. The van der Waals surface area contributed by atoms with Crippen LogP contribution in [-0.4, -0.2) is 46.8 Å². The Labute approximate surface area is 180 Å². The number of fused-ring (bicyclic) bond motifs is 1. The van der Waals surface area contributed by atoms with Crippen LogP contribution in [0.25, 0.3) is 11.3 Å². The predicted octanol–water partition coefficient (Wildman–Crippen LogP) is 2.17. The summed E-state index contributed by atoms with van der Waals surface area (Å²) in [6, 6.07) is 12.2. The van der Waals surface area contributed by atoms with Gasteiger partial charge in [0.1, 0.15) is 4.90 Å². The molecule has 0 amide bonds. The summed E-state index contributed by atoms with van der Waals surface area (Å²) >= 11 is 0. The summed E-state index contributed by atoms with van der Waals surface area (Å²) in [5, 5.41) is 0. The smallest absolute Gasteiger partial charge is 0.285 e. The Morgan fingerprint density at radius 1 is 1.03 bits per heavy atom. The molecule has 8 nitrogen and oxygen atoms in total. The number of piperidine rings is 1. The standard InChI is InChI=1S/C22H21N5O3S/c28-21-13-19(17-5-9-23-10-6-17)24-15-27(21)14-16-7-11-26(12-8-16)22-18-3-1-2-4-20(18)31(29,30)25-22/h1-6,9-10,13,15-16H,7-8,11-12,14H2. The molecule has 5 rings (SSSR count). The van der Waals surface area contributed by atoms with Crippen molar-refractivity contribution in [2.75, 3.05) is 13.1 Å². The van der Waals surface area contributed by atoms with Crippen molar-refractivity contribution >= 4 is 15.9 Å². The number of aromatic nitrogens is 3. The van der Waals surface area contributed by atoms with Gasteiger partial charge in [-0.05, 0) is 43.0 Å². The fourth-order valence-corrected chi connectivity index (χ4v) is 5.39. The molecular weight excluding hydrogens is 414 g/mol. The van der Waals surface area contributed by atoms with Gasteiger partial charge in [0.15, 0.2) is 5.84 Å². The predicted molar refractivity (Wildman–Crippen MR) is 116 cm³/mol. The average molecular weight is 436 g/mol. The van der Waals surface area contributed by atoms with Gasteiger partial charge in [0.05, 0.1) is 12.0 Å². The molecule has 2 aromatic heterocycles. The first kappa shape index (κ1) is 19.6. The van der Waals surface area contributed by atoms with Gasteiger partial charge in [0, 0.05) is 49.2 Å². The van der Waals surface area contributed by atoms with E-state index in [1.54, 1.807) is 47.6 Å². The van der Waals surface area contributed by atoms with E-state index in [-0.39, 0.29) is 10.5 Å². The van der Waals surface area contributed by atoms with Gasteiger partial charge in [-0.15, -0.1) is 4.40 Å². The monoisotopic (exact) mass is 435 g/mol. The van der Waals surface area contributed by atoms with Crippen molar-refractivity contribution in [3.63, 3.8) is 0 Å². The van der Waals surface area contributed by atoms with E-state index in [0.717, 1.165) is 18.4 Å². The highest BCUT2D eigenvalue weighted by Gasteiger charge is 2.33. The van der Waals surface area contributed by atoms with E-state index in [1.807, 2.05) is 23.1 Å². The Kier molecular flexibility index (Phi) is 4.90. The van der Waals surface area contributed by atoms with Crippen LogP contribution in [0.5, 0.6) is 0 Å². The molecule has 0 spiro atoms. The molecule has 4 heterocycles. The number of pyridine rings is 1. The normalized spacial score (nSPS) is 17.9. The highest BCUT2D eigenvalue weighted by molar-refractivity contribution is 7.90. The zero-order chi connectivity index (χ0) is 21.4. The van der Waals surface area contributed by atoms with Crippen molar-refractivity contribution in [3.05, 3.63) is 77.1 Å². The maximum Gasteiger partial charge on any atom is 0.285 e. The maximum absolute atomic E-state index is 12.6. The first-order valence-electron chi connectivity index (χ1n) is 10.2. The van der Waals surface area contributed by atoms with Gasteiger partial charge in [-0.2, -0.15) is 8.42 Å². The van der Waals surface area contributed by atoms with E-state index in [9.17, 15) is 13.2 Å². The molecule has 158 valence electrons. The molecule has 2 aliphatic rings. The van der Waals surface area contributed by atoms with E-state index in [4.69, 9.17) is 0 Å². The highest BCUT2D eigenvalue weighted by Crippen LogP contribution is 2.29. The van der Waals surface area contributed by atoms with Gasteiger partial charge in [0.2, 0.25) is 0 Å². The lowest BCUT2D eigenvalue weighted by Gasteiger charge is -2.33. The summed E-state index contributed by atoms with van der Waals surface area (Å²) in [5.41, 5.74) is 2.09. The molecule has 31 heavy (non-hydrogen) atoms. The van der Waals surface area contributed by atoms with E-state index in [0.29, 0.717) is 42.6 Å². The van der Waals surface area contributed by atoms with E-state index in [2.05, 4.69) is 14.4 Å². The zero-order valence-electron chi connectivity index (χ0n) is 16.8. The number of hydrogen-bond donors (Lipinski definition) is 0.